The van der Waals surface area contributed by atoms with E-state index in [1.807, 2.05) is 0 Å². The number of ether oxygens (including phenoxy) is 2. The molecule has 2 heterocycles. The first-order chi connectivity index (χ1) is 14.0. The lowest BCUT2D eigenvalue weighted by atomic mass is 9.78. The lowest BCUT2D eigenvalue weighted by Crippen LogP contribution is -2.36. The fraction of sp³-hybridized carbons (Fsp3) is 0.720. The molecule has 1 saturated carbocycles. The van der Waals surface area contributed by atoms with Gasteiger partial charge in [-0.1, -0.05) is 40.0 Å². The zero-order valence-corrected chi connectivity index (χ0v) is 19.6. The second-order valence-electron chi connectivity index (χ2n) is 9.89. The maximum absolute atomic E-state index is 13.0. The van der Waals surface area contributed by atoms with Gasteiger partial charge in [-0.2, -0.15) is 0 Å². The molecule has 168 valence electrons. The molecule has 3 unspecified atom stereocenters. The van der Waals surface area contributed by atoms with Gasteiger partial charge >= 0.3 is 5.97 Å². The standard InChI is InChI=1S/C25H37NO3.ClH/c1-4-5-12-25(2,3)18-14-21-23(19-10-6-7-11-20(19)28-21)22(15-18)29-24(27)17-9-8-13-26-16-17;/h14-15,17,19-20,26H,4-13,16H2,1-3H3;1H. The lowest BCUT2D eigenvalue weighted by molar-refractivity contribution is -0.139. The Balaban J connectivity index is 0.00000256. The number of halogens is 1. The van der Waals surface area contributed by atoms with E-state index < -0.39 is 0 Å². The number of rotatable bonds is 6. The Morgan fingerprint density at radius 3 is 2.73 bits per heavy atom. The van der Waals surface area contributed by atoms with Crippen molar-refractivity contribution in [2.75, 3.05) is 13.1 Å². The Kier molecular flexibility index (Phi) is 7.73. The molecule has 3 atom stereocenters. The first kappa shape index (κ1) is 23.4. The second kappa shape index (κ2) is 9.91. The molecule has 1 saturated heterocycles. The van der Waals surface area contributed by atoms with E-state index in [-0.39, 0.29) is 35.8 Å². The van der Waals surface area contributed by atoms with Crippen LogP contribution in [0.4, 0.5) is 0 Å². The van der Waals surface area contributed by atoms with Crippen molar-refractivity contribution in [1.29, 1.82) is 0 Å². The summed E-state index contributed by atoms with van der Waals surface area (Å²) in [6, 6.07) is 4.39. The monoisotopic (exact) mass is 435 g/mol. The summed E-state index contributed by atoms with van der Waals surface area (Å²) >= 11 is 0. The molecule has 0 amide bonds. The van der Waals surface area contributed by atoms with E-state index in [4.69, 9.17) is 9.47 Å². The largest absolute Gasteiger partial charge is 0.489 e. The van der Waals surface area contributed by atoms with Gasteiger partial charge in [0, 0.05) is 18.0 Å². The van der Waals surface area contributed by atoms with Crippen LogP contribution in [0.2, 0.25) is 0 Å². The van der Waals surface area contributed by atoms with Crippen LogP contribution in [0.15, 0.2) is 12.1 Å². The van der Waals surface area contributed by atoms with Crippen LogP contribution in [0.5, 0.6) is 11.5 Å². The molecule has 1 aromatic rings. The number of benzene rings is 1. The molecular formula is C25H38ClNO3. The summed E-state index contributed by atoms with van der Waals surface area (Å²) in [4.78, 5) is 13.0. The fourth-order valence-electron chi connectivity index (χ4n) is 5.28. The second-order valence-corrected chi connectivity index (χ2v) is 9.89. The number of hydrogen-bond donors (Lipinski definition) is 1. The van der Waals surface area contributed by atoms with Crippen molar-refractivity contribution in [1.82, 2.24) is 5.32 Å². The van der Waals surface area contributed by atoms with Gasteiger partial charge in [-0.3, -0.25) is 4.79 Å². The summed E-state index contributed by atoms with van der Waals surface area (Å²) in [6.07, 6.45) is 10.4. The van der Waals surface area contributed by atoms with Gasteiger partial charge in [0.05, 0.1) is 5.92 Å². The highest BCUT2D eigenvalue weighted by molar-refractivity contribution is 5.85. The Morgan fingerprint density at radius 1 is 1.20 bits per heavy atom. The van der Waals surface area contributed by atoms with Gasteiger partial charge in [0.1, 0.15) is 17.6 Å². The first-order valence-corrected chi connectivity index (χ1v) is 11.8. The number of hydrogen-bond acceptors (Lipinski definition) is 4. The summed E-state index contributed by atoms with van der Waals surface area (Å²) in [6.45, 7) is 8.55. The Morgan fingerprint density at radius 2 is 2.00 bits per heavy atom. The number of carbonyl (C=O) groups excluding carboxylic acids is 1. The predicted molar refractivity (Wildman–Crippen MR) is 123 cm³/mol. The summed E-state index contributed by atoms with van der Waals surface area (Å²) in [7, 11) is 0. The molecule has 1 aliphatic carbocycles. The molecule has 4 rings (SSSR count). The van der Waals surface area contributed by atoms with Gasteiger partial charge in [0.25, 0.3) is 0 Å². The average molecular weight is 436 g/mol. The highest BCUT2D eigenvalue weighted by Crippen LogP contribution is 2.51. The number of fused-ring (bicyclic) bond motifs is 3. The molecule has 2 aliphatic heterocycles. The summed E-state index contributed by atoms with van der Waals surface area (Å²) in [5, 5.41) is 3.33. The minimum absolute atomic E-state index is 0. The third-order valence-electron chi connectivity index (χ3n) is 7.23. The van der Waals surface area contributed by atoms with E-state index in [1.165, 1.54) is 31.2 Å². The van der Waals surface area contributed by atoms with Gasteiger partial charge in [-0.05, 0) is 68.2 Å². The summed E-state index contributed by atoms with van der Waals surface area (Å²) in [5.74, 6) is 1.99. The topological polar surface area (TPSA) is 47.6 Å². The van der Waals surface area contributed by atoms with Crippen LogP contribution in [0, 0.1) is 5.92 Å². The molecule has 3 aliphatic rings. The molecule has 30 heavy (non-hydrogen) atoms. The highest BCUT2D eigenvalue weighted by atomic mass is 35.5. The summed E-state index contributed by atoms with van der Waals surface area (Å²) in [5.41, 5.74) is 2.42. The maximum Gasteiger partial charge on any atom is 0.315 e. The van der Waals surface area contributed by atoms with Gasteiger partial charge < -0.3 is 14.8 Å². The molecule has 1 N–H and O–H groups in total. The van der Waals surface area contributed by atoms with Crippen LogP contribution in [0.1, 0.15) is 95.6 Å². The van der Waals surface area contributed by atoms with Gasteiger partial charge in [0.15, 0.2) is 0 Å². The number of unbranched alkanes of at least 4 members (excludes halogenated alkanes) is 1. The van der Waals surface area contributed by atoms with E-state index in [0.717, 1.165) is 62.3 Å². The van der Waals surface area contributed by atoms with E-state index in [1.54, 1.807) is 0 Å². The quantitative estimate of drug-likeness (QED) is 0.446. The minimum atomic E-state index is -0.0813. The van der Waals surface area contributed by atoms with Crippen LogP contribution in [0.25, 0.3) is 0 Å². The van der Waals surface area contributed by atoms with Gasteiger partial charge in [-0.25, -0.2) is 0 Å². The number of piperidine rings is 1. The van der Waals surface area contributed by atoms with Crippen LogP contribution in [-0.2, 0) is 10.2 Å². The van der Waals surface area contributed by atoms with E-state index >= 15 is 0 Å². The van der Waals surface area contributed by atoms with Crippen LogP contribution >= 0.6 is 12.4 Å². The number of esters is 1. The van der Waals surface area contributed by atoms with E-state index in [0.29, 0.717) is 5.92 Å². The SMILES string of the molecule is CCCCC(C)(C)c1cc(OC(=O)C2CCCNC2)c2c(c1)OC1CCCCC21.Cl. The van der Waals surface area contributed by atoms with Crippen molar-refractivity contribution >= 4 is 18.4 Å². The zero-order valence-electron chi connectivity index (χ0n) is 18.8. The third kappa shape index (κ3) is 4.80. The zero-order chi connectivity index (χ0) is 20.4. The smallest absolute Gasteiger partial charge is 0.315 e. The molecule has 0 spiro atoms. The molecule has 0 aromatic heterocycles. The van der Waals surface area contributed by atoms with Crippen LogP contribution in [0.3, 0.4) is 0 Å². The van der Waals surface area contributed by atoms with Crippen molar-refractivity contribution in [2.24, 2.45) is 5.92 Å². The number of nitrogens with one attached hydrogen (secondary N) is 1. The Labute approximate surface area is 187 Å². The highest BCUT2D eigenvalue weighted by Gasteiger charge is 2.40. The van der Waals surface area contributed by atoms with Crippen LogP contribution in [-0.4, -0.2) is 25.2 Å². The van der Waals surface area contributed by atoms with Crippen LogP contribution < -0.4 is 14.8 Å². The normalized spacial score (nSPS) is 25.5. The van der Waals surface area contributed by atoms with Crippen molar-refractivity contribution in [3.8, 4) is 11.5 Å². The Hall–Kier alpha value is -1.26. The van der Waals surface area contributed by atoms with Crippen molar-refractivity contribution in [3.05, 3.63) is 23.3 Å². The van der Waals surface area contributed by atoms with Crippen molar-refractivity contribution in [2.45, 2.75) is 96.0 Å². The fourth-order valence-corrected chi connectivity index (χ4v) is 5.28. The molecule has 1 aromatic carbocycles. The van der Waals surface area contributed by atoms with E-state index in [9.17, 15) is 4.79 Å². The Bertz CT molecular complexity index is 742. The van der Waals surface area contributed by atoms with Crippen molar-refractivity contribution < 1.29 is 14.3 Å². The number of carbonyl (C=O) groups is 1. The predicted octanol–water partition coefficient (Wildman–Crippen LogP) is 5.90. The van der Waals surface area contributed by atoms with Gasteiger partial charge in [0.2, 0.25) is 0 Å². The average Bonchev–Trinajstić information content (AvgIpc) is 3.11. The maximum atomic E-state index is 13.0. The van der Waals surface area contributed by atoms with Crippen molar-refractivity contribution in [3.63, 3.8) is 0 Å². The molecule has 2 fully saturated rings. The molecule has 0 bridgehead atoms. The summed E-state index contributed by atoms with van der Waals surface area (Å²) < 4.78 is 12.5. The van der Waals surface area contributed by atoms with Gasteiger partial charge in [-0.15, -0.1) is 12.4 Å². The lowest BCUT2D eigenvalue weighted by Gasteiger charge is -2.28. The minimum Gasteiger partial charge on any atom is -0.489 e. The molecular weight excluding hydrogens is 398 g/mol. The molecule has 4 nitrogen and oxygen atoms in total. The van der Waals surface area contributed by atoms with E-state index in [2.05, 4.69) is 38.2 Å². The molecule has 5 heteroatoms. The third-order valence-corrected chi connectivity index (χ3v) is 7.23. The first-order valence-electron chi connectivity index (χ1n) is 11.8. The molecule has 0 radical (unpaired) electrons.